The number of rotatable bonds is 4. The lowest BCUT2D eigenvalue weighted by molar-refractivity contribution is 0.341. The maximum Gasteiger partial charge on any atom is 0.0608 e. The molecule has 2 N–H and O–H groups in total. The molecule has 2 nitrogen and oxygen atoms in total. The summed E-state index contributed by atoms with van der Waals surface area (Å²) in [5.41, 5.74) is 9.43. The molecule has 0 radical (unpaired) electrons. The van der Waals surface area contributed by atoms with Crippen LogP contribution in [0.3, 0.4) is 0 Å². The van der Waals surface area contributed by atoms with Crippen molar-refractivity contribution in [3.63, 3.8) is 0 Å². The second-order valence-electron chi connectivity index (χ2n) is 4.84. The van der Waals surface area contributed by atoms with Gasteiger partial charge in [0.05, 0.1) is 6.04 Å². The normalized spacial score (nSPS) is 12.7. The Labute approximate surface area is 123 Å². The summed E-state index contributed by atoms with van der Waals surface area (Å²) in [4.78, 5) is 2.22. The van der Waals surface area contributed by atoms with Crippen LogP contribution in [0, 0.1) is 0 Å². The van der Waals surface area contributed by atoms with E-state index in [0.29, 0.717) is 6.54 Å². The number of halogens is 1. The Hall–Kier alpha value is -1.16. The van der Waals surface area contributed by atoms with Crippen LogP contribution in [0.15, 0.2) is 53.0 Å². The third-order valence-electron chi connectivity index (χ3n) is 3.22. The van der Waals surface area contributed by atoms with Gasteiger partial charge in [-0.05, 0) is 36.9 Å². The molecule has 1 atom stereocenters. The molecule has 100 valence electrons. The Bertz CT molecular complexity index is 552. The molecule has 0 fully saturated rings. The summed E-state index contributed by atoms with van der Waals surface area (Å²) in [7, 11) is 4.19. The van der Waals surface area contributed by atoms with Crippen molar-refractivity contribution in [2.24, 2.45) is 5.73 Å². The molecule has 2 aromatic carbocycles. The summed E-state index contributed by atoms with van der Waals surface area (Å²) in [6, 6.07) is 17.1. The van der Waals surface area contributed by atoms with Crippen molar-refractivity contribution in [3.8, 4) is 0 Å². The molecule has 0 heterocycles. The van der Waals surface area contributed by atoms with Gasteiger partial charge in [0.1, 0.15) is 0 Å². The summed E-state index contributed by atoms with van der Waals surface area (Å²) in [5.74, 6) is 0. The SMILES string of the molecule is CN(C)C(c1cccc(CN)c1)c1ccccc1Br. The number of nitrogens with two attached hydrogens (primary N) is 1. The van der Waals surface area contributed by atoms with Crippen molar-refractivity contribution in [2.45, 2.75) is 12.6 Å². The molecule has 0 spiro atoms. The first-order valence-electron chi connectivity index (χ1n) is 6.33. The third-order valence-corrected chi connectivity index (χ3v) is 3.94. The van der Waals surface area contributed by atoms with E-state index in [4.69, 9.17) is 5.73 Å². The predicted molar refractivity (Wildman–Crippen MR) is 84.0 cm³/mol. The van der Waals surface area contributed by atoms with Crippen LogP contribution in [0.4, 0.5) is 0 Å². The highest BCUT2D eigenvalue weighted by Gasteiger charge is 2.18. The number of hydrogen-bond donors (Lipinski definition) is 1. The maximum absolute atomic E-state index is 5.74. The molecule has 0 aliphatic rings. The number of nitrogens with zero attached hydrogens (tertiary/aromatic N) is 1. The van der Waals surface area contributed by atoms with E-state index in [2.05, 4.69) is 77.4 Å². The first-order valence-corrected chi connectivity index (χ1v) is 7.12. The van der Waals surface area contributed by atoms with Gasteiger partial charge in [-0.1, -0.05) is 58.4 Å². The second kappa shape index (κ2) is 6.33. The topological polar surface area (TPSA) is 29.3 Å². The van der Waals surface area contributed by atoms with E-state index < -0.39 is 0 Å². The van der Waals surface area contributed by atoms with Gasteiger partial charge in [0, 0.05) is 11.0 Å². The van der Waals surface area contributed by atoms with Crippen LogP contribution in [0.25, 0.3) is 0 Å². The van der Waals surface area contributed by atoms with E-state index in [1.807, 2.05) is 6.07 Å². The van der Waals surface area contributed by atoms with Gasteiger partial charge in [-0.25, -0.2) is 0 Å². The summed E-state index contributed by atoms with van der Waals surface area (Å²) < 4.78 is 1.13. The largest absolute Gasteiger partial charge is 0.326 e. The average Bonchev–Trinajstić information content (AvgIpc) is 2.41. The van der Waals surface area contributed by atoms with Crippen LogP contribution in [0.5, 0.6) is 0 Å². The van der Waals surface area contributed by atoms with E-state index in [1.54, 1.807) is 0 Å². The Morgan fingerprint density at radius 2 is 1.84 bits per heavy atom. The molecule has 3 heteroatoms. The van der Waals surface area contributed by atoms with Gasteiger partial charge in [-0.2, -0.15) is 0 Å². The van der Waals surface area contributed by atoms with Crippen molar-refractivity contribution in [1.82, 2.24) is 4.90 Å². The quantitative estimate of drug-likeness (QED) is 0.934. The van der Waals surface area contributed by atoms with Crippen molar-refractivity contribution in [2.75, 3.05) is 14.1 Å². The van der Waals surface area contributed by atoms with Crippen LogP contribution < -0.4 is 5.73 Å². The molecule has 0 bridgehead atoms. The first kappa shape index (κ1) is 14.3. The van der Waals surface area contributed by atoms with E-state index >= 15 is 0 Å². The van der Waals surface area contributed by atoms with Gasteiger partial charge in [-0.3, -0.25) is 4.90 Å². The fraction of sp³-hybridized carbons (Fsp3) is 0.250. The Morgan fingerprint density at radius 1 is 1.11 bits per heavy atom. The Kier molecular flexibility index (Phi) is 4.75. The molecule has 2 aromatic rings. The zero-order valence-corrected chi connectivity index (χ0v) is 12.9. The molecule has 1 unspecified atom stereocenters. The fourth-order valence-corrected chi connectivity index (χ4v) is 2.84. The van der Waals surface area contributed by atoms with Crippen LogP contribution in [-0.2, 0) is 6.54 Å². The summed E-state index contributed by atoms with van der Waals surface area (Å²) in [6.45, 7) is 0.573. The average molecular weight is 319 g/mol. The molecule has 19 heavy (non-hydrogen) atoms. The van der Waals surface area contributed by atoms with Crippen molar-refractivity contribution >= 4 is 15.9 Å². The number of hydrogen-bond acceptors (Lipinski definition) is 2. The molecule has 0 saturated carbocycles. The monoisotopic (exact) mass is 318 g/mol. The Morgan fingerprint density at radius 3 is 2.47 bits per heavy atom. The summed E-state index contributed by atoms with van der Waals surface area (Å²) in [5, 5.41) is 0. The van der Waals surface area contributed by atoms with Crippen molar-refractivity contribution in [3.05, 3.63) is 69.7 Å². The third kappa shape index (κ3) is 3.24. The first-order chi connectivity index (χ1) is 9.13. The minimum Gasteiger partial charge on any atom is -0.326 e. The second-order valence-corrected chi connectivity index (χ2v) is 5.69. The van der Waals surface area contributed by atoms with Crippen LogP contribution in [0.2, 0.25) is 0 Å². The molecule has 2 rings (SSSR count). The van der Waals surface area contributed by atoms with Crippen LogP contribution >= 0.6 is 15.9 Å². The van der Waals surface area contributed by atoms with E-state index in [0.717, 1.165) is 10.0 Å². The minimum absolute atomic E-state index is 0.224. The van der Waals surface area contributed by atoms with E-state index in [-0.39, 0.29) is 6.04 Å². The standard InChI is InChI=1S/C16H19BrN2/c1-19(2)16(14-8-3-4-9-15(14)17)13-7-5-6-12(10-13)11-18/h3-10,16H,11,18H2,1-2H3. The molecule has 0 amide bonds. The number of benzene rings is 2. The lowest BCUT2D eigenvalue weighted by Gasteiger charge is -2.26. The summed E-state index contributed by atoms with van der Waals surface area (Å²) in [6.07, 6.45) is 0. The molecule has 0 aliphatic heterocycles. The maximum atomic E-state index is 5.74. The molecule has 0 aromatic heterocycles. The van der Waals surface area contributed by atoms with Crippen molar-refractivity contribution < 1.29 is 0 Å². The van der Waals surface area contributed by atoms with Gasteiger partial charge < -0.3 is 5.73 Å². The van der Waals surface area contributed by atoms with Gasteiger partial charge in [0.2, 0.25) is 0 Å². The van der Waals surface area contributed by atoms with Gasteiger partial charge in [0.15, 0.2) is 0 Å². The Balaban J connectivity index is 2.49. The molecule has 0 saturated heterocycles. The van der Waals surface area contributed by atoms with Crippen LogP contribution in [-0.4, -0.2) is 19.0 Å². The molecule has 0 aliphatic carbocycles. The van der Waals surface area contributed by atoms with Crippen molar-refractivity contribution in [1.29, 1.82) is 0 Å². The van der Waals surface area contributed by atoms with Gasteiger partial charge in [0.25, 0.3) is 0 Å². The zero-order chi connectivity index (χ0) is 13.8. The highest BCUT2D eigenvalue weighted by molar-refractivity contribution is 9.10. The smallest absolute Gasteiger partial charge is 0.0608 e. The minimum atomic E-state index is 0.224. The highest BCUT2D eigenvalue weighted by Crippen LogP contribution is 2.32. The lowest BCUT2D eigenvalue weighted by Crippen LogP contribution is -2.21. The predicted octanol–water partition coefficient (Wildman–Crippen LogP) is 3.56. The zero-order valence-electron chi connectivity index (χ0n) is 11.3. The lowest BCUT2D eigenvalue weighted by atomic mass is 9.96. The van der Waals surface area contributed by atoms with E-state index in [1.165, 1.54) is 11.1 Å². The highest BCUT2D eigenvalue weighted by atomic mass is 79.9. The molecular weight excluding hydrogens is 300 g/mol. The van der Waals surface area contributed by atoms with Gasteiger partial charge in [-0.15, -0.1) is 0 Å². The fourth-order valence-electron chi connectivity index (χ4n) is 2.34. The van der Waals surface area contributed by atoms with Gasteiger partial charge >= 0.3 is 0 Å². The van der Waals surface area contributed by atoms with E-state index in [9.17, 15) is 0 Å². The molecular formula is C16H19BrN2. The van der Waals surface area contributed by atoms with Crippen LogP contribution in [0.1, 0.15) is 22.7 Å². The summed E-state index contributed by atoms with van der Waals surface area (Å²) >= 11 is 3.65.